The van der Waals surface area contributed by atoms with Gasteiger partial charge >= 0.3 is 5.97 Å². The predicted octanol–water partition coefficient (Wildman–Crippen LogP) is 2.80. The third-order valence-electron chi connectivity index (χ3n) is 3.38. The van der Waals surface area contributed by atoms with E-state index in [0.29, 0.717) is 24.3 Å². The summed E-state index contributed by atoms with van der Waals surface area (Å²) in [5, 5.41) is 14.9. The molecule has 0 fully saturated rings. The molecule has 1 amide bonds. The predicted molar refractivity (Wildman–Crippen MR) is 109 cm³/mol. The lowest BCUT2D eigenvalue weighted by molar-refractivity contribution is -0.139. The van der Waals surface area contributed by atoms with Gasteiger partial charge in [-0.25, -0.2) is 9.78 Å². The van der Waals surface area contributed by atoms with E-state index in [1.807, 2.05) is 12.3 Å². The van der Waals surface area contributed by atoms with Crippen molar-refractivity contribution in [3.63, 3.8) is 0 Å². The third-order valence-corrected chi connectivity index (χ3v) is 4.02. The van der Waals surface area contributed by atoms with Crippen molar-refractivity contribution < 1.29 is 14.7 Å². The maximum absolute atomic E-state index is 12.3. The number of carbonyl (C=O) groups is 2. The summed E-state index contributed by atoms with van der Waals surface area (Å²) < 4.78 is 0. The van der Waals surface area contributed by atoms with Gasteiger partial charge in [-0.15, -0.1) is 24.8 Å². The Kier molecular flexibility index (Phi) is 11.5. The first-order valence-corrected chi connectivity index (χ1v) is 8.83. The second-order valence-corrected chi connectivity index (χ2v) is 6.14. The number of amides is 1. The molecule has 1 aromatic carbocycles. The number of benzene rings is 1. The first-order chi connectivity index (χ1) is 11.6. The smallest absolute Gasteiger partial charge is 0.326 e. The van der Waals surface area contributed by atoms with Crippen molar-refractivity contribution in [2.45, 2.75) is 19.0 Å². The Morgan fingerprint density at radius 1 is 1.35 bits per heavy atom. The van der Waals surface area contributed by atoms with E-state index in [-0.39, 0.29) is 24.8 Å². The summed E-state index contributed by atoms with van der Waals surface area (Å²) in [6.07, 6.45) is 5.60. The molecule has 1 heterocycles. The Balaban J connectivity index is 0.00000312. The van der Waals surface area contributed by atoms with Crippen LogP contribution < -0.4 is 10.6 Å². The summed E-state index contributed by atoms with van der Waals surface area (Å²) in [4.78, 5) is 30.4. The Hall–Kier alpha value is -1.90. The van der Waals surface area contributed by atoms with Gasteiger partial charge in [-0.05, 0) is 36.6 Å². The molecule has 2 aromatic rings. The highest BCUT2D eigenvalue weighted by atomic mass is 35.5. The van der Waals surface area contributed by atoms with Gasteiger partial charge in [0.2, 0.25) is 0 Å². The van der Waals surface area contributed by atoms with Gasteiger partial charge in [0.15, 0.2) is 0 Å². The molecule has 0 aliphatic carbocycles. The Morgan fingerprint density at radius 3 is 2.73 bits per heavy atom. The van der Waals surface area contributed by atoms with Gasteiger partial charge in [0.05, 0.1) is 18.6 Å². The number of nitrogens with zero attached hydrogens (tertiary/aromatic N) is 1. The standard InChI is InChI=1S/C16H20N4O3S.2ClH/c1-24-6-5-14(16(22)23)20-15(21)11-3-2-4-12(7-11)18-9-13-8-17-10-19-13;;/h2-4,7-8,10,14,18H,5-6,9H2,1H3,(H,17,19)(H,20,21)(H,22,23);2*1H. The zero-order valence-electron chi connectivity index (χ0n) is 14.1. The zero-order valence-corrected chi connectivity index (χ0v) is 16.5. The van der Waals surface area contributed by atoms with Crippen LogP contribution in [0.25, 0.3) is 0 Å². The van der Waals surface area contributed by atoms with E-state index < -0.39 is 17.9 Å². The average Bonchev–Trinajstić information content (AvgIpc) is 3.10. The number of aliphatic carboxylic acids is 1. The van der Waals surface area contributed by atoms with E-state index >= 15 is 0 Å². The van der Waals surface area contributed by atoms with Crippen LogP contribution >= 0.6 is 36.6 Å². The minimum Gasteiger partial charge on any atom is -0.480 e. The van der Waals surface area contributed by atoms with Crippen LogP contribution in [0.15, 0.2) is 36.8 Å². The van der Waals surface area contributed by atoms with Crippen LogP contribution in [0.5, 0.6) is 0 Å². The van der Waals surface area contributed by atoms with Crippen LogP contribution in [0.3, 0.4) is 0 Å². The van der Waals surface area contributed by atoms with Crippen molar-refractivity contribution in [1.29, 1.82) is 0 Å². The molecule has 7 nitrogen and oxygen atoms in total. The van der Waals surface area contributed by atoms with Crippen LogP contribution in [-0.2, 0) is 11.3 Å². The normalized spacial score (nSPS) is 10.8. The molecule has 2 rings (SSSR count). The molecular weight excluding hydrogens is 399 g/mol. The number of nitrogens with one attached hydrogen (secondary N) is 3. The number of carboxylic acids is 1. The fraction of sp³-hybridized carbons (Fsp3) is 0.312. The highest BCUT2D eigenvalue weighted by Crippen LogP contribution is 2.12. The monoisotopic (exact) mass is 420 g/mol. The maximum Gasteiger partial charge on any atom is 0.326 e. The summed E-state index contributed by atoms with van der Waals surface area (Å²) in [5.41, 5.74) is 2.11. The number of anilines is 1. The topological polar surface area (TPSA) is 107 Å². The Labute approximate surface area is 168 Å². The fourth-order valence-electron chi connectivity index (χ4n) is 2.08. The van der Waals surface area contributed by atoms with E-state index in [1.165, 1.54) is 0 Å². The average molecular weight is 421 g/mol. The highest BCUT2D eigenvalue weighted by Gasteiger charge is 2.20. The van der Waals surface area contributed by atoms with E-state index in [2.05, 4.69) is 20.6 Å². The number of halogens is 2. The van der Waals surface area contributed by atoms with Crippen LogP contribution in [0.2, 0.25) is 0 Å². The summed E-state index contributed by atoms with van der Waals surface area (Å²) in [5.74, 6) is -0.747. The number of rotatable bonds is 9. The maximum atomic E-state index is 12.3. The quantitative estimate of drug-likeness (QED) is 0.496. The molecule has 0 bridgehead atoms. The van der Waals surface area contributed by atoms with Gasteiger partial charge in [-0.1, -0.05) is 6.07 Å². The van der Waals surface area contributed by atoms with Crippen molar-refractivity contribution in [1.82, 2.24) is 15.3 Å². The number of carbonyl (C=O) groups excluding carboxylic acids is 1. The molecule has 0 aliphatic heterocycles. The van der Waals surface area contributed by atoms with Crippen molar-refractivity contribution in [3.05, 3.63) is 48.0 Å². The van der Waals surface area contributed by atoms with Gasteiger partial charge in [-0.3, -0.25) is 4.79 Å². The van der Waals surface area contributed by atoms with Crippen LogP contribution in [0.1, 0.15) is 22.5 Å². The summed E-state index contributed by atoms with van der Waals surface area (Å²) in [6.45, 7) is 0.552. The number of hydrogen-bond acceptors (Lipinski definition) is 5. The molecule has 1 atom stereocenters. The molecule has 0 saturated carbocycles. The van der Waals surface area contributed by atoms with Crippen molar-refractivity contribution in [2.24, 2.45) is 0 Å². The largest absolute Gasteiger partial charge is 0.480 e. The zero-order chi connectivity index (χ0) is 17.4. The van der Waals surface area contributed by atoms with E-state index in [4.69, 9.17) is 0 Å². The number of carboxylic acid groups (broad SMARTS) is 1. The fourth-order valence-corrected chi connectivity index (χ4v) is 2.56. The summed E-state index contributed by atoms with van der Waals surface area (Å²) >= 11 is 1.55. The van der Waals surface area contributed by atoms with E-state index in [9.17, 15) is 14.7 Å². The molecule has 1 unspecified atom stereocenters. The van der Waals surface area contributed by atoms with Crippen LogP contribution in [0.4, 0.5) is 5.69 Å². The second-order valence-electron chi connectivity index (χ2n) is 5.16. The second kappa shape index (κ2) is 12.5. The molecule has 144 valence electrons. The molecule has 1 aromatic heterocycles. The third kappa shape index (κ3) is 7.55. The Morgan fingerprint density at radius 2 is 2.12 bits per heavy atom. The van der Waals surface area contributed by atoms with Gasteiger partial charge in [-0.2, -0.15) is 11.8 Å². The summed E-state index contributed by atoms with van der Waals surface area (Å²) in [6, 6.07) is 6.06. The van der Waals surface area contributed by atoms with Crippen LogP contribution in [-0.4, -0.2) is 45.0 Å². The van der Waals surface area contributed by atoms with E-state index in [0.717, 1.165) is 11.4 Å². The lowest BCUT2D eigenvalue weighted by Gasteiger charge is -2.14. The minimum absolute atomic E-state index is 0. The molecule has 10 heteroatoms. The first-order valence-electron chi connectivity index (χ1n) is 7.44. The molecule has 0 saturated heterocycles. The van der Waals surface area contributed by atoms with E-state index in [1.54, 1.807) is 42.5 Å². The number of imidazole rings is 1. The molecule has 0 aliphatic rings. The molecule has 4 N–H and O–H groups in total. The number of aromatic nitrogens is 2. The SMILES string of the molecule is CSCCC(NC(=O)c1cccc(NCc2cnc[nH]2)c1)C(=O)O.Cl.Cl. The number of hydrogen-bond donors (Lipinski definition) is 4. The number of thioether (sulfide) groups is 1. The van der Waals surface area contributed by atoms with Gasteiger partial charge in [0.1, 0.15) is 6.04 Å². The van der Waals surface area contributed by atoms with Gasteiger partial charge in [0.25, 0.3) is 5.91 Å². The molecular formula is C16H22Cl2N4O3S. The lowest BCUT2D eigenvalue weighted by atomic mass is 10.1. The minimum atomic E-state index is -1.02. The Bertz CT molecular complexity index is 686. The molecule has 0 spiro atoms. The summed E-state index contributed by atoms with van der Waals surface area (Å²) in [7, 11) is 0. The van der Waals surface area contributed by atoms with Gasteiger partial charge in [0, 0.05) is 17.4 Å². The van der Waals surface area contributed by atoms with Crippen LogP contribution in [0, 0.1) is 0 Å². The number of aromatic amines is 1. The van der Waals surface area contributed by atoms with Gasteiger partial charge < -0.3 is 20.7 Å². The first kappa shape index (κ1) is 24.1. The highest BCUT2D eigenvalue weighted by molar-refractivity contribution is 7.98. The van der Waals surface area contributed by atoms with Crippen molar-refractivity contribution >= 4 is 54.1 Å². The van der Waals surface area contributed by atoms with Crippen molar-refractivity contribution in [2.75, 3.05) is 17.3 Å². The molecule has 0 radical (unpaired) electrons. The number of H-pyrrole nitrogens is 1. The van der Waals surface area contributed by atoms with Crippen molar-refractivity contribution in [3.8, 4) is 0 Å². The molecule has 26 heavy (non-hydrogen) atoms. The lowest BCUT2D eigenvalue weighted by Crippen LogP contribution is -2.41.